The second-order valence-electron chi connectivity index (χ2n) is 3.88. The predicted molar refractivity (Wildman–Crippen MR) is 62.8 cm³/mol. The van der Waals surface area contributed by atoms with E-state index >= 15 is 0 Å². The first-order chi connectivity index (χ1) is 7.50. The van der Waals surface area contributed by atoms with E-state index in [0.717, 1.165) is 13.1 Å². The number of rotatable bonds is 2. The smallest absolute Gasteiger partial charge is 0.269 e. The topological polar surface area (TPSA) is 102 Å². The van der Waals surface area contributed by atoms with Gasteiger partial charge < -0.3 is 27.0 Å². The summed E-state index contributed by atoms with van der Waals surface area (Å²) in [6.45, 7) is 3.14. The van der Waals surface area contributed by atoms with E-state index in [0.29, 0.717) is 13.1 Å². The standard InChI is InChI=1S/C10H19N5O/c1-14-4-6-15(7-5-14)10(16)8(11)2-3-9(12)13/h2-3H,4-7,11-13H2,1H3/b8-2-. The molecule has 1 aliphatic heterocycles. The molecular weight excluding hydrogens is 206 g/mol. The Morgan fingerprint density at radius 1 is 1.06 bits per heavy atom. The van der Waals surface area contributed by atoms with Gasteiger partial charge >= 0.3 is 0 Å². The molecule has 0 aromatic carbocycles. The first kappa shape index (κ1) is 12.4. The molecule has 1 amide bonds. The Labute approximate surface area is 95.3 Å². The van der Waals surface area contributed by atoms with E-state index in [2.05, 4.69) is 4.90 Å². The minimum Gasteiger partial charge on any atom is -0.394 e. The lowest BCUT2D eigenvalue weighted by atomic mass is 10.3. The minimum absolute atomic E-state index is 0.133. The van der Waals surface area contributed by atoms with Gasteiger partial charge in [-0.15, -0.1) is 0 Å². The first-order valence-electron chi connectivity index (χ1n) is 5.17. The van der Waals surface area contributed by atoms with Crippen LogP contribution in [0.2, 0.25) is 0 Å². The van der Waals surface area contributed by atoms with Gasteiger partial charge in [-0.3, -0.25) is 4.79 Å². The number of likely N-dealkylation sites (N-methyl/N-ethyl adjacent to an activating group) is 1. The maximum Gasteiger partial charge on any atom is 0.269 e. The largest absolute Gasteiger partial charge is 0.394 e. The molecule has 6 nitrogen and oxygen atoms in total. The molecule has 1 fully saturated rings. The molecule has 1 saturated heterocycles. The molecule has 90 valence electrons. The molecule has 0 aromatic rings. The first-order valence-corrected chi connectivity index (χ1v) is 5.17. The van der Waals surface area contributed by atoms with Gasteiger partial charge in [-0.1, -0.05) is 0 Å². The van der Waals surface area contributed by atoms with Crippen molar-refractivity contribution in [3.8, 4) is 0 Å². The number of piperazine rings is 1. The van der Waals surface area contributed by atoms with E-state index in [4.69, 9.17) is 17.2 Å². The van der Waals surface area contributed by atoms with Gasteiger partial charge in [-0.2, -0.15) is 0 Å². The zero-order valence-electron chi connectivity index (χ0n) is 9.52. The number of nitrogens with two attached hydrogens (primary N) is 3. The fourth-order valence-corrected chi connectivity index (χ4v) is 1.45. The maximum atomic E-state index is 11.8. The van der Waals surface area contributed by atoms with Crippen LogP contribution >= 0.6 is 0 Å². The molecule has 0 radical (unpaired) electrons. The maximum absolute atomic E-state index is 11.8. The van der Waals surface area contributed by atoms with Crippen LogP contribution in [0.5, 0.6) is 0 Å². The molecule has 6 heteroatoms. The third-order valence-corrected chi connectivity index (χ3v) is 2.49. The fraction of sp³-hybridized carbons (Fsp3) is 0.500. The van der Waals surface area contributed by atoms with Gasteiger partial charge in [-0.05, 0) is 19.2 Å². The Morgan fingerprint density at radius 3 is 2.12 bits per heavy atom. The molecule has 0 unspecified atom stereocenters. The van der Waals surface area contributed by atoms with Gasteiger partial charge in [0.25, 0.3) is 5.91 Å². The summed E-state index contributed by atoms with van der Waals surface area (Å²) in [5, 5.41) is 0. The van der Waals surface area contributed by atoms with Crippen molar-refractivity contribution < 1.29 is 4.79 Å². The van der Waals surface area contributed by atoms with Crippen LogP contribution in [0.4, 0.5) is 0 Å². The summed E-state index contributed by atoms with van der Waals surface area (Å²) in [6.07, 6.45) is 2.86. The summed E-state index contributed by atoms with van der Waals surface area (Å²) in [4.78, 5) is 15.7. The normalized spacial score (nSPS) is 18.3. The molecule has 1 heterocycles. The van der Waals surface area contributed by atoms with Crippen LogP contribution in [0, 0.1) is 0 Å². The summed E-state index contributed by atoms with van der Waals surface area (Å²) in [7, 11) is 2.03. The molecule has 16 heavy (non-hydrogen) atoms. The Balaban J connectivity index is 2.57. The monoisotopic (exact) mass is 225 g/mol. The van der Waals surface area contributed by atoms with Crippen LogP contribution in [0.25, 0.3) is 0 Å². The Morgan fingerprint density at radius 2 is 1.62 bits per heavy atom. The van der Waals surface area contributed by atoms with Crippen molar-refractivity contribution in [2.24, 2.45) is 17.2 Å². The minimum atomic E-state index is -0.161. The molecule has 0 bridgehead atoms. The molecule has 0 aromatic heterocycles. The summed E-state index contributed by atoms with van der Waals surface area (Å²) >= 11 is 0. The molecule has 0 aliphatic carbocycles. The molecular formula is C10H19N5O. The average molecular weight is 225 g/mol. The second-order valence-corrected chi connectivity index (χ2v) is 3.88. The van der Waals surface area contributed by atoms with E-state index in [1.54, 1.807) is 4.90 Å². The van der Waals surface area contributed by atoms with Crippen molar-refractivity contribution in [1.29, 1.82) is 0 Å². The second kappa shape index (κ2) is 5.41. The fourth-order valence-electron chi connectivity index (χ4n) is 1.45. The van der Waals surface area contributed by atoms with E-state index in [1.165, 1.54) is 12.2 Å². The highest BCUT2D eigenvalue weighted by molar-refractivity contribution is 5.92. The number of hydrogen-bond donors (Lipinski definition) is 3. The van der Waals surface area contributed by atoms with Crippen LogP contribution < -0.4 is 17.2 Å². The zero-order chi connectivity index (χ0) is 12.1. The summed E-state index contributed by atoms with van der Waals surface area (Å²) < 4.78 is 0. The highest BCUT2D eigenvalue weighted by Crippen LogP contribution is 2.03. The average Bonchev–Trinajstić information content (AvgIpc) is 2.26. The zero-order valence-corrected chi connectivity index (χ0v) is 9.52. The molecule has 1 rings (SSSR count). The number of hydrogen-bond acceptors (Lipinski definition) is 5. The Kier molecular flexibility index (Phi) is 4.19. The molecule has 0 saturated carbocycles. The van der Waals surface area contributed by atoms with Crippen LogP contribution in [-0.4, -0.2) is 48.9 Å². The summed E-state index contributed by atoms with van der Waals surface area (Å²) in [5.74, 6) is -0.0280. The van der Waals surface area contributed by atoms with Gasteiger partial charge in [0.05, 0.1) is 11.5 Å². The van der Waals surface area contributed by atoms with Crippen molar-refractivity contribution >= 4 is 5.91 Å². The summed E-state index contributed by atoms with van der Waals surface area (Å²) in [6, 6.07) is 0. The van der Waals surface area contributed by atoms with E-state index < -0.39 is 0 Å². The van der Waals surface area contributed by atoms with Crippen molar-refractivity contribution in [2.45, 2.75) is 0 Å². The number of allylic oxidation sites excluding steroid dienone is 2. The highest BCUT2D eigenvalue weighted by atomic mass is 16.2. The van der Waals surface area contributed by atoms with E-state index in [9.17, 15) is 4.79 Å². The van der Waals surface area contributed by atoms with Crippen molar-refractivity contribution in [1.82, 2.24) is 9.80 Å². The third-order valence-electron chi connectivity index (χ3n) is 2.49. The van der Waals surface area contributed by atoms with Crippen LogP contribution in [0.3, 0.4) is 0 Å². The van der Waals surface area contributed by atoms with E-state index in [-0.39, 0.29) is 17.4 Å². The third kappa shape index (κ3) is 3.47. The molecule has 1 aliphatic rings. The number of carbonyl (C=O) groups excluding carboxylic acids is 1. The van der Waals surface area contributed by atoms with Gasteiger partial charge in [0.1, 0.15) is 0 Å². The Bertz CT molecular complexity index is 311. The van der Waals surface area contributed by atoms with Crippen LogP contribution in [0.1, 0.15) is 0 Å². The Hall–Kier alpha value is -1.69. The summed E-state index contributed by atoms with van der Waals surface area (Å²) in [5.41, 5.74) is 16.3. The number of carbonyl (C=O) groups is 1. The lowest BCUT2D eigenvalue weighted by molar-refractivity contribution is -0.128. The van der Waals surface area contributed by atoms with Gasteiger partial charge in [0, 0.05) is 26.2 Å². The highest BCUT2D eigenvalue weighted by Gasteiger charge is 2.20. The SMILES string of the molecule is CN1CCN(C(=O)/C(N)=C/C=C(N)N)CC1. The molecule has 6 N–H and O–H groups in total. The molecule has 0 spiro atoms. The van der Waals surface area contributed by atoms with E-state index in [1.807, 2.05) is 7.05 Å². The number of nitrogens with zero attached hydrogens (tertiary/aromatic N) is 2. The molecule has 0 atom stereocenters. The van der Waals surface area contributed by atoms with Gasteiger partial charge in [0.15, 0.2) is 0 Å². The van der Waals surface area contributed by atoms with Gasteiger partial charge in [-0.25, -0.2) is 0 Å². The lowest BCUT2D eigenvalue weighted by Gasteiger charge is -2.32. The van der Waals surface area contributed by atoms with Crippen molar-refractivity contribution in [3.63, 3.8) is 0 Å². The quantitative estimate of drug-likeness (QED) is 0.386. The van der Waals surface area contributed by atoms with Crippen LogP contribution in [-0.2, 0) is 4.79 Å². The predicted octanol–water partition coefficient (Wildman–Crippen LogP) is -1.64. The van der Waals surface area contributed by atoms with Gasteiger partial charge in [0.2, 0.25) is 0 Å². The van der Waals surface area contributed by atoms with Crippen LogP contribution in [0.15, 0.2) is 23.7 Å². The van der Waals surface area contributed by atoms with Crippen molar-refractivity contribution in [3.05, 3.63) is 23.7 Å². The lowest BCUT2D eigenvalue weighted by Crippen LogP contribution is -2.48. The van der Waals surface area contributed by atoms with Crippen molar-refractivity contribution in [2.75, 3.05) is 33.2 Å². The number of amides is 1.